The first kappa shape index (κ1) is 11.1. The summed E-state index contributed by atoms with van der Waals surface area (Å²) in [7, 11) is 0. The molecule has 1 saturated heterocycles. The molecule has 0 bridgehead atoms. The lowest BCUT2D eigenvalue weighted by atomic mass is 10.3. The van der Waals surface area contributed by atoms with Crippen molar-refractivity contribution in [3.05, 3.63) is 36.8 Å². The van der Waals surface area contributed by atoms with Gasteiger partial charge >= 0.3 is 0 Å². The van der Waals surface area contributed by atoms with Gasteiger partial charge in [0.15, 0.2) is 0 Å². The maximum atomic E-state index is 12.9. The van der Waals surface area contributed by atoms with Crippen molar-refractivity contribution in [3.8, 4) is 0 Å². The Labute approximate surface area is 94.5 Å². The third kappa shape index (κ3) is 2.58. The molecule has 1 aliphatic heterocycles. The second-order valence-corrected chi connectivity index (χ2v) is 3.80. The van der Waals surface area contributed by atoms with Crippen molar-refractivity contribution < 1.29 is 9.13 Å². The molecule has 1 fully saturated rings. The van der Waals surface area contributed by atoms with Gasteiger partial charge in [-0.05, 0) is 18.6 Å². The summed E-state index contributed by atoms with van der Waals surface area (Å²) in [4.78, 5) is 5.89. The molecule has 4 heteroatoms. The molecule has 0 aromatic carbocycles. The minimum absolute atomic E-state index is 0.197. The van der Waals surface area contributed by atoms with Gasteiger partial charge in [0.2, 0.25) is 5.95 Å². The highest BCUT2D eigenvalue weighted by atomic mass is 19.1. The van der Waals surface area contributed by atoms with E-state index in [0.29, 0.717) is 12.4 Å². The SMILES string of the molecule is C=CCOC1CCN(c2cccc(F)n2)C1. The molecule has 0 radical (unpaired) electrons. The highest BCUT2D eigenvalue weighted by Crippen LogP contribution is 2.19. The largest absolute Gasteiger partial charge is 0.372 e. The fourth-order valence-electron chi connectivity index (χ4n) is 1.85. The fraction of sp³-hybridized carbons (Fsp3) is 0.417. The molecular formula is C12H15FN2O. The van der Waals surface area contributed by atoms with Gasteiger partial charge in [-0.1, -0.05) is 12.1 Å². The predicted octanol–water partition coefficient (Wildman–Crippen LogP) is 2.00. The van der Waals surface area contributed by atoms with Crippen LogP contribution in [0.15, 0.2) is 30.9 Å². The summed E-state index contributed by atoms with van der Waals surface area (Å²) in [5, 5.41) is 0. The van der Waals surface area contributed by atoms with E-state index in [1.54, 1.807) is 12.1 Å². The first-order chi connectivity index (χ1) is 7.79. The Balaban J connectivity index is 1.95. The van der Waals surface area contributed by atoms with Crippen molar-refractivity contribution in [2.45, 2.75) is 12.5 Å². The van der Waals surface area contributed by atoms with Crippen LogP contribution in [-0.4, -0.2) is 30.8 Å². The molecular weight excluding hydrogens is 207 g/mol. The second kappa shape index (κ2) is 5.07. The topological polar surface area (TPSA) is 25.4 Å². The van der Waals surface area contributed by atoms with Crippen LogP contribution in [0.1, 0.15) is 6.42 Å². The molecule has 1 unspecified atom stereocenters. The van der Waals surface area contributed by atoms with Crippen molar-refractivity contribution in [2.75, 3.05) is 24.6 Å². The highest BCUT2D eigenvalue weighted by Gasteiger charge is 2.23. The lowest BCUT2D eigenvalue weighted by Crippen LogP contribution is -2.23. The van der Waals surface area contributed by atoms with Crippen LogP contribution in [0.25, 0.3) is 0 Å². The van der Waals surface area contributed by atoms with Crippen molar-refractivity contribution in [1.82, 2.24) is 4.98 Å². The van der Waals surface area contributed by atoms with E-state index in [0.717, 1.165) is 19.5 Å². The smallest absolute Gasteiger partial charge is 0.214 e. The number of pyridine rings is 1. The molecule has 2 heterocycles. The van der Waals surface area contributed by atoms with Crippen LogP contribution in [0.3, 0.4) is 0 Å². The maximum absolute atomic E-state index is 12.9. The third-order valence-electron chi connectivity index (χ3n) is 2.62. The zero-order valence-electron chi connectivity index (χ0n) is 9.10. The molecule has 0 saturated carbocycles. The van der Waals surface area contributed by atoms with Gasteiger partial charge in [-0.2, -0.15) is 4.39 Å². The number of rotatable bonds is 4. The summed E-state index contributed by atoms with van der Waals surface area (Å²) in [6.07, 6.45) is 2.89. The molecule has 2 rings (SSSR count). The van der Waals surface area contributed by atoms with E-state index in [1.807, 2.05) is 11.0 Å². The van der Waals surface area contributed by atoms with Crippen LogP contribution in [0, 0.1) is 5.95 Å². The van der Waals surface area contributed by atoms with Crippen LogP contribution in [-0.2, 0) is 4.74 Å². The summed E-state index contributed by atoms with van der Waals surface area (Å²) < 4.78 is 18.5. The lowest BCUT2D eigenvalue weighted by molar-refractivity contribution is 0.0909. The molecule has 0 spiro atoms. The van der Waals surface area contributed by atoms with E-state index in [1.165, 1.54) is 6.07 Å². The molecule has 0 aliphatic carbocycles. The fourth-order valence-corrected chi connectivity index (χ4v) is 1.85. The molecule has 1 aromatic heterocycles. The number of anilines is 1. The van der Waals surface area contributed by atoms with Crippen LogP contribution >= 0.6 is 0 Å². The summed E-state index contributed by atoms with van der Waals surface area (Å²) in [6, 6.07) is 4.85. The number of nitrogens with zero attached hydrogens (tertiary/aromatic N) is 2. The lowest BCUT2D eigenvalue weighted by Gasteiger charge is -2.17. The van der Waals surface area contributed by atoms with Crippen molar-refractivity contribution in [1.29, 1.82) is 0 Å². The van der Waals surface area contributed by atoms with Gasteiger partial charge in [-0.3, -0.25) is 0 Å². The van der Waals surface area contributed by atoms with Crippen molar-refractivity contribution in [3.63, 3.8) is 0 Å². The summed E-state index contributed by atoms with van der Waals surface area (Å²) in [5.41, 5.74) is 0. The van der Waals surface area contributed by atoms with Gasteiger partial charge in [0.1, 0.15) is 5.82 Å². The molecule has 3 nitrogen and oxygen atoms in total. The molecule has 1 aliphatic rings. The van der Waals surface area contributed by atoms with E-state index in [2.05, 4.69) is 11.6 Å². The number of halogens is 1. The molecule has 1 aromatic rings. The van der Waals surface area contributed by atoms with Gasteiger partial charge in [0.05, 0.1) is 12.7 Å². The van der Waals surface area contributed by atoms with Crippen LogP contribution in [0.5, 0.6) is 0 Å². The van der Waals surface area contributed by atoms with E-state index in [4.69, 9.17) is 4.74 Å². The predicted molar refractivity (Wildman–Crippen MR) is 61.0 cm³/mol. The van der Waals surface area contributed by atoms with E-state index < -0.39 is 5.95 Å². The molecule has 16 heavy (non-hydrogen) atoms. The normalized spacial score (nSPS) is 20.1. The molecule has 0 amide bonds. The number of hydrogen-bond donors (Lipinski definition) is 0. The Hall–Kier alpha value is -1.42. The van der Waals surface area contributed by atoms with Crippen LogP contribution in [0.4, 0.5) is 10.2 Å². The van der Waals surface area contributed by atoms with E-state index in [9.17, 15) is 4.39 Å². The monoisotopic (exact) mass is 222 g/mol. The minimum atomic E-state index is -0.437. The number of hydrogen-bond acceptors (Lipinski definition) is 3. The Kier molecular flexibility index (Phi) is 3.51. The highest BCUT2D eigenvalue weighted by molar-refractivity contribution is 5.39. The first-order valence-corrected chi connectivity index (χ1v) is 5.39. The minimum Gasteiger partial charge on any atom is -0.372 e. The Morgan fingerprint density at radius 3 is 3.25 bits per heavy atom. The second-order valence-electron chi connectivity index (χ2n) is 3.80. The first-order valence-electron chi connectivity index (χ1n) is 5.39. The molecule has 0 N–H and O–H groups in total. The quantitative estimate of drug-likeness (QED) is 0.575. The van der Waals surface area contributed by atoms with Gasteiger partial charge in [-0.25, -0.2) is 4.98 Å². The molecule has 86 valence electrons. The maximum Gasteiger partial charge on any atom is 0.214 e. The Morgan fingerprint density at radius 2 is 2.50 bits per heavy atom. The Morgan fingerprint density at radius 1 is 1.62 bits per heavy atom. The van der Waals surface area contributed by atoms with Crippen LogP contribution in [0.2, 0.25) is 0 Å². The van der Waals surface area contributed by atoms with Gasteiger partial charge in [0, 0.05) is 13.1 Å². The van der Waals surface area contributed by atoms with Crippen molar-refractivity contribution in [2.24, 2.45) is 0 Å². The zero-order valence-corrected chi connectivity index (χ0v) is 9.10. The number of aromatic nitrogens is 1. The average Bonchev–Trinajstić information content (AvgIpc) is 2.75. The summed E-state index contributed by atoms with van der Waals surface area (Å²) >= 11 is 0. The average molecular weight is 222 g/mol. The number of ether oxygens (including phenoxy) is 1. The zero-order chi connectivity index (χ0) is 11.4. The van der Waals surface area contributed by atoms with Crippen LogP contribution < -0.4 is 4.90 Å². The van der Waals surface area contributed by atoms with Gasteiger partial charge in [-0.15, -0.1) is 6.58 Å². The standard InChI is InChI=1S/C12H15FN2O/c1-2-8-16-10-6-7-15(9-10)12-5-3-4-11(13)14-12/h2-5,10H,1,6-9H2. The summed E-state index contributed by atoms with van der Waals surface area (Å²) in [6.45, 7) is 5.80. The van der Waals surface area contributed by atoms with Crippen molar-refractivity contribution >= 4 is 5.82 Å². The third-order valence-corrected chi connectivity index (χ3v) is 2.62. The van der Waals surface area contributed by atoms with E-state index >= 15 is 0 Å². The van der Waals surface area contributed by atoms with Gasteiger partial charge in [0.25, 0.3) is 0 Å². The van der Waals surface area contributed by atoms with E-state index in [-0.39, 0.29) is 6.10 Å². The Bertz CT molecular complexity index is 370. The molecule has 1 atom stereocenters. The summed E-state index contributed by atoms with van der Waals surface area (Å²) in [5.74, 6) is 0.248. The van der Waals surface area contributed by atoms with Gasteiger partial charge < -0.3 is 9.64 Å².